The topological polar surface area (TPSA) is 77.8 Å². The molecule has 0 radical (unpaired) electrons. The first kappa shape index (κ1) is 18.3. The summed E-state index contributed by atoms with van der Waals surface area (Å²) in [7, 11) is 1.55. The highest BCUT2D eigenvalue weighted by Gasteiger charge is 2.09. The minimum absolute atomic E-state index is 0.168. The minimum Gasteiger partial charge on any atom is -0.493 e. The normalized spacial score (nSPS) is 10.4. The van der Waals surface area contributed by atoms with Gasteiger partial charge in [-0.25, -0.2) is 4.79 Å². The molecule has 0 aliphatic heterocycles. The summed E-state index contributed by atoms with van der Waals surface area (Å²) in [6.45, 7) is 3.54. The number of carbonyl (C=O) groups excluding carboxylic acids is 1. The molecule has 6 nitrogen and oxygen atoms in total. The number of hydrogen-bond acceptors (Lipinski definition) is 5. The van der Waals surface area contributed by atoms with Gasteiger partial charge in [-0.15, -0.1) is 6.58 Å². The number of amides is 1. The highest BCUT2D eigenvalue weighted by molar-refractivity contribution is 5.94. The predicted octanol–water partition coefficient (Wildman–Crippen LogP) is 3.55. The van der Waals surface area contributed by atoms with Gasteiger partial charge in [0.2, 0.25) is 0 Å². The van der Waals surface area contributed by atoms with Crippen molar-refractivity contribution in [3.8, 4) is 11.5 Å². The van der Waals surface area contributed by atoms with Crippen molar-refractivity contribution in [2.75, 3.05) is 19.0 Å². The number of allylic oxidation sites excluding steroid dienone is 1. The molecular weight excluding hydrogens is 346 g/mol. The van der Waals surface area contributed by atoms with Crippen LogP contribution in [0.15, 0.2) is 70.4 Å². The van der Waals surface area contributed by atoms with E-state index in [1.54, 1.807) is 43.5 Å². The molecule has 0 aliphatic carbocycles. The van der Waals surface area contributed by atoms with E-state index in [1.165, 1.54) is 6.07 Å². The van der Waals surface area contributed by atoms with Gasteiger partial charge in [-0.05, 0) is 48.4 Å². The van der Waals surface area contributed by atoms with Crippen LogP contribution in [-0.2, 0) is 11.2 Å². The Morgan fingerprint density at radius 1 is 1.15 bits per heavy atom. The fraction of sp³-hybridized carbons (Fsp3) is 0.143. The van der Waals surface area contributed by atoms with Gasteiger partial charge in [-0.1, -0.05) is 12.1 Å². The van der Waals surface area contributed by atoms with Gasteiger partial charge in [0, 0.05) is 17.1 Å². The molecule has 1 amide bonds. The molecule has 1 N–H and O–H groups in total. The molecule has 0 atom stereocenters. The Hall–Kier alpha value is -3.54. The van der Waals surface area contributed by atoms with Gasteiger partial charge >= 0.3 is 5.63 Å². The van der Waals surface area contributed by atoms with Crippen LogP contribution in [0.25, 0.3) is 11.0 Å². The van der Waals surface area contributed by atoms with Gasteiger partial charge < -0.3 is 19.2 Å². The lowest BCUT2D eigenvalue weighted by Crippen LogP contribution is -2.20. The Morgan fingerprint density at radius 2 is 2.00 bits per heavy atom. The molecule has 0 aliphatic rings. The third kappa shape index (κ3) is 4.55. The molecule has 1 heterocycles. The minimum atomic E-state index is -0.416. The molecule has 0 saturated carbocycles. The number of hydrogen-bond donors (Lipinski definition) is 1. The number of benzene rings is 2. The smallest absolute Gasteiger partial charge is 0.336 e. The maximum absolute atomic E-state index is 12.2. The van der Waals surface area contributed by atoms with Crippen molar-refractivity contribution in [1.29, 1.82) is 0 Å². The standard InChI is InChI=1S/C21H19NO5/c1-3-4-14-5-8-18(19(11-14)25-2)26-13-20(23)22-16-7-9-17-15(12-16)6-10-21(24)27-17/h3,5-12H,1,4,13H2,2H3,(H,22,23). The van der Waals surface area contributed by atoms with Gasteiger partial charge in [-0.2, -0.15) is 0 Å². The zero-order chi connectivity index (χ0) is 19.2. The number of anilines is 1. The SMILES string of the molecule is C=CCc1ccc(OCC(=O)Nc2ccc3oc(=O)ccc3c2)c(OC)c1. The summed E-state index contributed by atoms with van der Waals surface area (Å²) in [5, 5.41) is 3.47. The fourth-order valence-electron chi connectivity index (χ4n) is 2.61. The summed E-state index contributed by atoms with van der Waals surface area (Å²) in [5.74, 6) is 0.729. The van der Waals surface area contributed by atoms with Crippen molar-refractivity contribution in [2.45, 2.75) is 6.42 Å². The zero-order valence-corrected chi connectivity index (χ0v) is 14.9. The van der Waals surface area contributed by atoms with Crippen LogP contribution in [-0.4, -0.2) is 19.6 Å². The largest absolute Gasteiger partial charge is 0.493 e. The first-order chi connectivity index (χ1) is 13.1. The number of methoxy groups -OCH3 is 1. The third-order valence-electron chi connectivity index (χ3n) is 3.87. The second-order valence-electron chi connectivity index (χ2n) is 5.82. The molecule has 1 aromatic heterocycles. The molecule has 0 fully saturated rings. The van der Waals surface area contributed by atoms with Crippen LogP contribution in [0.5, 0.6) is 11.5 Å². The molecule has 0 bridgehead atoms. The quantitative estimate of drug-likeness (QED) is 0.512. The molecule has 3 rings (SSSR count). The van der Waals surface area contributed by atoms with Gasteiger partial charge in [-0.3, -0.25) is 4.79 Å². The Kier molecular flexibility index (Phi) is 5.56. The van der Waals surface area contributed by atoms with Crippen molar-refractivity contribution in [3.63, 3.8) is 0 Å². The number of rotatable bonds is 7. The van der Waals surface area contributed by atoms with Gasteiger partial charge in [0.25, 0.3) is 5.91 Å². The average Bonchev–Trinajstić information content (AvgIpc) is 2.67. The van der Waals surface area contributed by atoms with E-state index in [0.29, 0.717) is 28.2 Å². The second-order valence-corrected chi connectivity index (χ2v) is 5.82. The highest BCUT2D eigenvalue weighted by atomic mass is 16.5. The summed E-state index contributed by atoms with van der Waals surface area (Å²) in [6.07, 6.45) is 2.52. The van der Waals surface area contributed by atoms with Crippen molar-refractivity contribution >= 4 is 22.6 Å². The molecule has 0 spiro atoms. The van der Waals surface area contributed by atoms with Crippen LogP contribution >= 0.6 is 0 Å². The molecule has 2 aromatic carbocycles. The monoisotopic (exact) mass is 365 g/mol. The predicted molar refractivity (Wildman–Crippen MR) is 104 cm³/mol. The summed E-state index contributed by atoms with van der Waals surface area (Å²) < 4.78 is 16.0. The van der Waals surface area contributed by atoms with E-state index in [1.807, 2.05) is 12.1 Å². The average molecular weight is 365 g/mol. The lowest BCUT2D eigenvalue weighted by molar-refractivity contribution is -0.118. The van der Waals surface area contributed by atoms with Crippen molar-refractivity contribution in [3.05, 3.63) is 77.2 Å². The number of carbonyl (C=O) groups is 1. The van der Waals surface area contributed by atoms with Crippen LogP contribution in [0.3, 0.4) is 0 Å². The lowest BCUT2D eigenvalue weighted by Gasteiger charge is -2.12. The van der Waals surface area contributed by atoms with E-state index in [9.17, 15) is 9.59 Å². The summed E-state index contributed by atoms with van der Waals surface area (Å²) in [5.41, 5.74) is 1.67. The summed E-state index contributed by atoms with van der Waals surface area (Å²) in [4.78, 5) is 23.4. The van der Waals surface area contributed by atoms with Crippen LogP contribution < -0.4 is 20.4 Å². The molecule has 3 aromatic rings. The number of ether oxygens (including phenoxy) is 2. The lowest BCUT2D eigenvalue weighted by atomic mass is 10.1. The Bertz CT molecular complexity index is 1040. The Labute approximate surface area is 156 Å². The molecule has 6 heteroatoms. The molecule has 27 heavy (non-hydrogen) atoms. The van der Waals surface area contributed by atoms with E-state index in [-0.39, 0.29) is 12.5 Å². The van der Waals surface area contributed by atoms with E-state index < -0.39 is 5.63 Å². The molecule has 0 unspecified atom stereocenters. The summed E-state index contributed by atoms with van der Waals surface area (Å²) in [6, 6.07) is 13.5. The van der Waals surface area contributed by atoms with Crippen molar-refractivity contribution in [2.24, 2.45) is 0 Å². The maximum Gasteiger partial charge on any atom is 0.336 e. The molecule has 138 valence electrons. The number of nitrogens with one attached hydrogen (secondary N) is 1. The highest BCUT2D eigenvalue weighted by Crippen LogP contribution is 2.28. The van der Waals surface area contributed by atoms with Gasteiger partial charge in [0.05, 0.1) is 7.11 Å². The van der Waals surface area contributed by atoms with Crippen molar-refractivity contribution in [1.82, 2.24) is 0 Å². The van der Waals surface area contributed by atoms with Crippen LogP contribution in [0.1, 0.15) is 5.56 Å². The van der Waals surface area contributed by atoms with Gasteiger partial charge in [0.1, 0.15) is 5.58 Å². The zero-order valence-electron chi connectivity index (χ0n) is 14.9. The molecular formula is C21H19NO5. The van der Waals surface area contributed by atoms with E-state index in [4.69, 9.17) is 13.9 Å². The van der Waals surface area contributed by atoms with Crippen LogP contribution in [0, 0.1) is 0 Å². The number of fused-ring (bicyclic) bond motifs is 1. The van der Waals surface area contributed by atoms with Crippen molar-refractivity contribution < 1.29 is 18.7 Å². The van der Waals surface area contributed by atoms with E-state index in [0.717, 1.165) is 12.0 Å². The second kappa shape index (κ2) is 8.23. The Balaban J connectivity index is 1.65. The van der Waals surface area contributed by atoms with E-state index in [2.05, 4.69) is 11.9 Å². The van der Waals surface area contributed by atoms with Crippen LogP contribution in [0.4, 0.5) is 5.69 Å². The Morgan fingerprint density at radius 3 is 2.78 bits per heavy atom. The third-order valence-corrected chi connectivity index (χ3v) is 3.87. The van der Waals surface area contributed by atoms with E-state index >= 15 is 0 Å². The first-order valence-electron chi connectivity index (χ1n) is 8.33. The van der Waals surface area contributed by atoms with Crippen LogP contribution in [0.2, 0.25) is 0 Å². The summed E-state index contributed by atoms with van der Waals surface area (Å²) >= 11 is 0. The molecule has 0 saturated heterocycles. The van der Waals surface area contributed by atoms with Gasteiger partial charge in [0.15, 0.2) is 18.1 Å². The first-order valence-corrected chi connectivity index (χ1v) is 8.33. The maximum atomic E-state index is 12.2. The fourth-order valence-corrected chi connectivity index (χ4v) is 2.61.